The van der Waals surface area contributed by atoms with Gasteiger partial charge in [-0.1, -0.05) is 6.92 Å². The van der Waals surface area contributed by atoms with Gasteiger partial charge in [0.1, 0.15) is 0 Å². The highest BCUT2D eigenvalue weighted by atomic mass is 15.1. The molecule has 2 aliphatic heterocycles. The van der Waals surface area contributed by atoms with Crippen molar-refractivity contribution in [3.05, 3.63) is 0 Å². The fourth-order valence-corrected chi connectivity index (χ4v) is 3.43. The molecule has 0 aromatic carbocycles. The fraction of sp³-hybridized carbons (Fsp3) is 1.00. The van der Waals surface area contributed by atoms with Gasteiger partial charge in [-0.3, -0.25) is 0 Å². The Hall–Kier alpha value is -0.120. The minimum absolute atomic E-state index is 0.776. The first-order valence-corrected chi connectivity index (χ1v) is 7.92. The molecule has 3 heteroatoms. The lowest BCUT2D eigenvalue weighted by atomic mass is 10.1. The van der Waals surface area contributed by atoms with Gasteiger partial charge in [0.25, 0.3) is 0 Å². The van der Waals surface area contributed by atoms with Crippen LogP contribution in [0.3, 0.4) is 0 Å². The molecule has 2 heterocycles. The van der Waals surface area contributed by atoms with Crippen LogP contribution in [0.15, 0.2) is 0 Å². The van der Waals surface area contributed by atoms with E-state index < -0.39 is 0 Å². The van der Waals surface area contributed by atoms with Gasteiger partial charge in [-0.05, 0) is 77.8 Å². The SMILES string of the molecule is CCCN1CCCC(NCC2CCN(C)C2)CC1. The first kappa shape index (κ1) is 14.3. The van der Waals surface area contributed by atoms with Crippen molar-refractivity contribution in [3.8, 4) is 0 Å². The highest BCUT2D eigenvalue weighted by Gasteiger charge is 2.21. The third kappa shape index (κ3) is 4.52. The van der Waals surface area contributed by atoms with E-state index in [1.54, 1.807) is 0 Å². The summed E-state index contributed by atoms with van der Waals surface area (Å²) < 4.78 is 0. The number of hydrogen-bond acceptors (Lipinski definition) is 3. The summed E-state index contributed by atoms with van der Waals surface area (Å²) in [6, 6.07) is 0.776. The van der Waals surface area contributed by atoms with E-state index in [0.717, 1.165) is 12.0 Å². The van der Waals surface area contributed by atoms with Gasteiger partial charge >= 0.3 is 0 Å². The molecule has 2 atom stereocenters. The smallest absolute Gasteiger partial charge is 0.00798 e. The second-order valence-electron chi connectivity index (χ2n) is 6.29. The Morgan fingerprint density at radius 1 is 1.11 bits per heavy atom. The van der Waals surface area contributed by atoms with Gasteiger partial charge < -0.3 is 15.1 Å². The summed E-state index contributed by atoms with van der Waals surface area (Å²) >= 11 is 0. The molecular formula is C15H31N3. The molecule has 3 nitrogen and oxygen atoms in total. The van der Waals surface area contributed by atoms with E-state index in [4.69, 9.17) is 0 Å². The van der Waals surface area contributed by atoms with Gasteiger partial charge in [0, 0.05) is 12.6 Å². The van der Waals surface area contributed by atoms with E-state index >= 15 is 0 Å². The Bertz CT molecular complexity index is 232. The molecule has 2 unspecified atom stereocenters. The standard InChI is InChI=1S/C15H31N3/c1-3-8-18-9-4-5-15(7-11-18)16-12-14-6-10-17(2)13-14/h14-16H,3-13H2,1-2H3. The van der Waals surface area contributed by atoms with Gasteiger partial charge in [0.05, 0.1) is 0 Å². The van der Waals surface area contributed by atoms with Crippen LogP contribution in [-0.2, 0) is 0 Å². The van der Waals surface area contributed by atoms with Crippen molar-refractivity contribution in [1.82, 2.24) is 15.1 Å². The van der Waals surface area contributed by atoms with E-state index in [-0.39, 0.29) is 0 Å². The van der Waals surface area contributed by atoms with E-state index in [1.807, 2.05) is 0 Å². The fourth-order valence-electron chi connectivity index (χ4n) is 3.43. The molecule has 0 radical (unpaired) electrons. The number of hydrogen-bond donors (Lipinski definition) is 1. The molecule has 0 spiro atoms. The van der Waals surface area contributed by atoms with Crippen LogP contribution in [-0.4, -0.2) is 62.2 Å². The first-order chi connectivity index (χ1) is 8.78. The average molecular weight is 253 g/mol. The molecule has 0 bridgehead atoms. The highest BCUT2D eigenvalue weighted by molar-refractivity contribution is 4.79. The molecule has 0 aromatic rings. The third-order valence-corrected chi connectivity index (χ3v) is 4.54. The third-order valence-electron chi connectivity index (χ3n) is 4.54. The molecule has 0 amide bonds. The van der Waals surface area contributed by atoms with Crippen LogP contribution < -0.4 is 5.32 Å². The van der Waals surface area contributed by atoms with E-state index in [0.29, 0.717) is 0 Å². The number of nitrogens with one attached hydrogen (secondary N) is 1. The number of rotatable bonds is 5. The van der Waals surface area contributed by atoms with Crippen molar-refractivity contribution in [2.45, 2.75) is 45.1 Å². The van der Waals surface area contributed by atoms with Crippen molar-refractivity contribution in [1.29, 1.82) is 0 Å². The molecule has 106 valence electrons. The minimum atomic E-state index is 0.776. The zero-order valence-corrected chi connectivity index (χ0v) is 12.3. The molecule has 18 heavy (non-hydrogen) atoms. The molecule has 0 saturated carbocycles. The summed E-state index contributed by atoms with van der Waals surface area (Å²) in [5, 5.41) is 3.83. The van der Waals surface area contributed by atoms with Gasteiger partial charge in [-0.15, -0.1) is 0 Å². The highest BCUT2D eigenvalue weighted by Crippen LogP contribution is 2.15. The van der Waals surface area contributed by atoms with Crippen LogP contribution in [0, 0.1) is 5.92 Å². The van der Waals surface area contributed by atoms with Crippen molar-refractivity contribution in [2.75, 3.05) is 46.3 Å². The molecule has 0 aliphatic carbocycles. The van der Waals surface area contributed by atoms with Crippen LogP contribution in [0.4, 0.5) is 0 Å². The van der Waals surface area contributed by atoms with Gasteiger partial charge in [-0.25, -0.2) is 0 Å². The topological polar surface area (TPSA) is 18.5 Å². The summed E-state index contributed by atoms with van der Waals surface area (Å²) in [5.41, 5.74) is 0. The summed E-state index contributed by atoms with van der Waals surface area (Å²) in [6.07, 6.45) is 6.79. The Morgan fingerprint density at radius 3 is 2.72 bits per heavy atom. The summed E-state index contributed by atoms with van der Waals surface area (Å²) in [4.78, 5) is 5.10. The van der Waals surface area contributed by atoms with E-state index in [2.05, 4.69) is 29.1 Å². The lowest BCUT2D eigenvalue weighted by Crippen LogP contribution is -2.35. The van der Waals surface area contributed by atoms with Crippen molar-refractivity contribution in [3.63, 3.8) is 0 Å². The predicted octanol–water partition coefficient (Wildman–Crippen LogP) is 1.79. The Morgan fingerprint density at radius 2 is 2.00 bits per heavy atom. The van der Waals surface area contributed by atoms with Crippen molar-refractivity contribution >= 4 is 0 Å². The minimum Gasteiger partial charge on any atom is -0.314 e. The first-order valence-electron chi connectivity index (χ1n) is 7.92. The molecular weight excluding hydrogens is 222 g/mol. The number of nitrogens with zero attached hydrogens (tertiary/aromatic N) is 2. The number of likely N-dealkylation sites (tertiary alicyclic amines) is 2. The maximum absolute atomic E-state index is 3.83. The lowest BCUT2D eigenvalue weighted by Gasteiger charge is -2.20. The summed E-state index contributed by atoms with van der Waals surface area (Å²) in [6.45, 7) is 10.0. The van der Waals surface area contributed by atoms with Crippen LogP contribution in [0.2, 0.25) is 0 Å². The quantitative estimate of drug-likeness (QED) is 0.806. The average Bonchev–Trinajstić information content (AvgIpc) is 2.64. The molecule has 2 fully saturated rings. The van der Waals surface area contributed by atoms with Crippen LogP contribution in [0.25, 0.3) is 0 Å². The lowest BCUT2D eigenvalue weighted by molar-refractivity contribution is 0.281. The zero-order valence-electron chi connectivity index (χ0n) is 12.3. The molecule has 2 rings (SSSR count). The largest absolute Gasteiger partial charge is 0.314 e. The Kier molecular flexibility index (Phi) is 5.93. The maximum atomic E-state index is 3.83. The van der Waals surface area contributed by atoms with Gasteiger partial charge in [0.15, 0.2) is 0 Å². The van der Waals surface area contributed by atoms with Crippen molar-refractivity contribution in [2.24, 2.45) is 5.92 Å². The monoisotopic (exact) mass is 253 g/mol. The van der Waals surface area contributed by atoms with E-state index in [1.165, 1.54) is 71.4 Å². The Labute approximate surface area is 113 Å². The van der Waals surface area contributed by atoms with Crippen LogP contribution >= 0.6 is 0 Å². The molecule has 0 aromatic heterocycles. The second kappa shape index (κ2) is 7.46. The zero-order chi connectivity index (χ0) is 12.8. The molecule has 2 aliphatic rings. The normalized spacial score (nSPS) is 31.7. The van der Waals surface area contributed by atoms with E-state index in [9.17, 15) is 0 Å². The summed E-state index contributed by atoms with van der Waals surface area (Å²) in [5.74, 6) is 0.894. The molecule has 1 N–H and O–H groups in total. The van der Waals surface area contributed by atoms with Gasteiger partial charge in [0.2, 0.25) is 0 Å². The van der Waals surface area contributed by atoms with Crippen LogP contribution in [0.5, 0.6) is 0 Å². The van der Waals surface area contributed by atoms with Gasteiger partial charge in [-0.2, -0.15) is 0 Å². The second-order valence-corrected chi connectivity index (χ2v) is 6.29. The van der Waals surface area contributed by atoms with Crippen LogP contribution in [0.1, 0.15) is 39.0 Å². The predicted molar refractivity (Wildman–Crippen MR) is 78.0 cm³/mol. The molecule has 2 saturated heterocycles. The summed E-state index contributed by atoms with van der Waals surface area (Å²) in [7, 11) is 2.24. The maximum Gasteiger partial charge on any atom is 0.00798 e. The Balaban J connectivity index is 1.64. The van der Waals surface area contributed by atoms with Crippen molar-refractivity contribution < 1.29 is 0 Å².